The molecule has 0 radical (unpaired) electrons. The lowest BCUT2D eigenvalue weighted by atomic mass is 9.91. The Hall–Kier alpha value is -3.71. The molecular formula is C27H29N5O2. The Balaban J connectivity index is 1.31. The van der Waals surface area contributed by atoms with E-state index in [0.29, 0.717) is 18.8 Å². The van der Waals surface area contributed by atoms with Gasteiger partial charge in [0.1, 0.15) is 5.75 Å². The van der Waals surface area contributed by atoms with E-state index in [9.17, 15) is 4.79 Å². The molecule has 2 heterocycles. The molecule has 1 atom stereocenters. The van der Waals surface area contributed by atoms with E-state index in [0.717, 1.165) is 47.4 Å². The molecule has 5 rings (SSSR count). The fraction of sp³-hybridized carbons (Fsp3) is 0.296. The molecule has 34 heavy (non-hydrogen) atoms. The molecular weight excluding hydrogens is 426 g/mol. The van der Waals surface area contributed by atoms with Crippen LogP contribution in [0.4, 0.5) is 0 Å². The number of carbonyl (C=O) groups is 1. The van der Waals surface area contributed by atoms with Crippen molar-refractivity contribution in [3.8, 4) is 5.75 Å². The molecule has 4 aromatic rings. The first-order chi connectivity index (χ1) is 16.6. The minimum absolute atomic E-state index is 0.134. The summed E-state index contributed by atoms with van der Waals surface area (Å²) < 4.78 is 7.52. The Kier molecular flexibility index (Phi) is 6.27. The van der Waals surface area contributed by atoms with Crippen molar-refractivity contribution in [2.75, 3.05) is 7.11 Å². The minimum Gasteiger partial charge on any atom is -0.496 e. The van der Waals surface area contributed by atoms with Crippen molar-refractivity contribution in [3.05, 3.63) is 89.0 Å². The molecule has 2 aromatic heterocycles. The molecule has 1 amide bonds. The Labute approximate surface area is 199 Å². The van der Waals surface area contributed by atoms with Crippen LogP contribution in [0.3, 0.4) is 0 Å². The summed E-state index contributed by atoms with van der Waals surface area (Å²) in [4.78, 5) is 17.0. The molecule has 0 bridgehead atoms. The molecule has 2 N–H and O–H groups in total. The second kappa shape index (κ2) is 9.65. The highest BCUT2D eigenvalue weighted by molar-refractivity contribution is 5.94. The first-order valence-corrected chi connectivity index (χ1v) is 11.6. The number of ether oxygens (including phenoxy) is 1. The first-order valence-electron chi connectivity index (χ1n) is 11.6. The number of benzene rings is 2. The van der Waals surface area contributed by atoms with Gasteiger partial charge in [0, 0.05) is 55.4 Å². The zero-order valence-electron chi connectivity index (χ0n) is 19.5. The Morgan fingerprint density at radius 1 is 1.12 bits per heavy atom. The number of methoxy groups -OCH3 is 1. The van der Waals surface area contributed by atoms with Gasteiger partial charge in [0.05, 0.1) is 7.11 Å². The second-order valence-electron chi connectivity index (χ2n) is 8.72. The number of fused-ring (bicyclic) bond motifs is 2. The summed E-state index contributed by atoms with van der Waals surface area (Å²) >= 11 is 0. The number of rotatable bonds is 7. The van der Waals surface area contributed by atoms with Crippen molar-refractivity contribution in [3.63, 3.8) is 0 Å². The lowest BCUT2D eigenvalue weighted by molar-refractivity contribution is 0.0944. The lowest BCUT2D eigenvalue weighted by Gasteiger charge is -2.25. The maximum Gasteiger partial charge on any atom is 0.272 e. The van der Waals surface area contributed by atoms with E-state index in [1.807, 2.05) is 29.9 Å². The normalized spacial score (nSPS) is 15.2. The molecule has 0 aliphatic heterocycles. The molecule has 0 saturated carbocycles. The van der Waals surface area contributed by atoms with E-state index in [-0.39, 0.29) is 11.9 Å². The highest BCUT2D eigenvalue weighted by atomic mass is 16.5. The number of hydrogen-bond acceptors (Lipinski definition) is 5. The zero-order chi connectivity index (χ0) is 23.5. The summed E-state index contributed by atoms with van der Waals surface area (Å²) in [6.07, 6.45) is 6.11. The van der Waals surface area contributed by atoms with Gasteiger partial charge < -0.3 is 15.4 Å². The quantitative estimate of drug-likeness (QED) is 0.445. The van der Waals surface area contributed by atoms with Gasteiger partial charge in [-0.15, -0.1) is 0 Å². The monoisotopic (exact) mass is 455 g/mol. The fourth-order valence-electron chi connectivity index (χ4n) is 4.85. The van der Waals surface area contributed by atoms with Gasteiger partial charge in [-0.1, -0.05) is 30.3 Å². The van der Waals surface area contributed by atoms with Crippen LogP contribution < -0.4 is 15.4 Å². The van der Waals surface area contributed by atoms with Gasteiger partial charge in [-0.3, -0.25) is 14.5 Å². The molecule has 0 fully saturated rings. The number of nitrogens with zero attached hydrogens (tertiary/aromatic N) is 3. The van der Waals surface area contributed by atoms with Crippen LogP contribution in [0, 0.1) is 0 Å². The summed E-state index contributed by atoms with van der Waals surface area (Å²) in [5, 5.41) is 13.7. The molecule has 174 valence electrons. The van der Waals surface area contributed by atoms with Crippen LogP contribution in [-0.4, -0.2) is 33.8 Å². The van der Waals surface area contributed by atoms with Crippen LogP contribution in [0.1, 0.15) is 39.3 Å². The first kappa shape index (κ1) is 22.1. The van der Waals surface area contributed by atoms with Crippen molar-refractivity contribution in [1.82, 2.24) is 25.4 Å². The fourth-order valence-corrected chi connectivity index (χ4v) is 4.85. The maximum absolute atomic E-state index is 13.0. The Morgan fingerprint density at radius 2 is 1.94 bits per heavy atom. The van der Waals surface area contributed by atoms with E-state index in [1.54, 1.807) is 19.5 Å². The van der Waals surface area contributed by atoms with Crippen LogP contribution in [0.5, 0.6) is 5.75 Å². The Bertz CT molecular complexity index is 1320. The molecule has 7 nitrogen and oxygen atoms in total. The molecule has 1 unspecified atom stereocenters. The predicted molar refractivity (Wildman–Crippen MR) is 132 cm³/mol. The van der Waals surface area contributed by atoms with Gasteiger partial charge in [-0.05, 0) is 53.8 Å². The molecule has 2 aromatic carbocycles. The predicted octanol–water partition coefficient (Wildman–Crippen LogP) is 3.55. The third-order valence-electron chi connectivity index (χ3n) is 6.66. The largest absolute Gasteiger partial charge is 0.496 e. The van der Waals surface area contributed by atoms with Gasteiger partial charge >= 0.3 is 0 Å². The van der Waals surface area contributed by atoms with Gasteiger partial charge in [0.25, 0.3) is 5.91 Å². The number of pyridine rings is 1. The van der Waals surface area contributed by atoms with Crippen LogP contribution in [0.25, 0.3) is 10.8 Å². The van der Waals surface area contributed by atoms with Gasteiger partial charge in [-0.2, -0.15) is 5.10 Å². The van der Waals surface area contributed by atoms with Gasteiger partial charge in [-0.25, -0.2) is 0 Å². The van der Waals surface area contributed by atoms with Crippen LogP contribution in [-0.2, 0) is 33.0 Å². The zero-order valence-corrected chi connectivity index (χ0v) is 19.5. The number of aromatic nitrogens is 3. The highest BCUT2D eigenvalue weighted by Gasteiger charge is 2.28. The number of hydrogen-bond donors (Lipinski definition) is 2. The van der Waals surface area contributed by atoms with E-state index < -0.39 is 0 Å². The van der Waals surface area contributed by atoms with Crippen molar-refractivity contribution in [1.29, 1.82) is 0 Å². The van der Waals surface area contributed by atoms with Crippen LogP contribution in [0.2, 0.25) is 0 Å². The lowest BCUT2D eigenvalue weighted by Crippen LogP contribution is -2.35. The third kappa shape index (κ3) is 4.39. The van der Waals surface area contributed by atoms with E-state index >= 15 is 0 Å². The molecule has 1 aliphatic rings. The number of carbonyl (C=O) groups excluding carboxylic acids is 1. The smallest absolute Gasteiger partial charge is 0.272 e. The summed E-state index contributed by atoms with van der Waals surface area (Å²) in [6.45, 7) is 1.16. The average Bonchev–Trinajstić information content (AvgIpc) is 3.22. The Morgan fingerprint density at radius 3 is 2.76 bits per heavy atom. The van der Waals surface area contributed by atoms with Gasteiger partial charge in [0.2, 0.25) is 0 Å². The van der Waals surface area contributed by atoms with Crippen molar-refractivity contribution < 1.29 is 9.53 Å². The third-order valence-corrected chi connectivity index (χ3v) is 6.66. The summed E-state index contributed by atoms with van der Waals surface area (Å²) in [5.41, 5.74) is 4.89. The molecule has 0 saturated heterocycles. The second-order valence-corrected chi connectivity index (χ2v) is 8.72. The summed E-state index contributed by atoms with van der Waals surface area (Å²) in [7, 11) is 3.64. The van der Waals surface area contributed by atoms with E-state index in [4.69, 9.17) is 4.74 Å². The molecule has 7 heteroatoms. The topological polar surface area (TPSA) is 81.1 Å². The van der Waals surface area contributed by atoms with Gasteiger partial charge in [0.15, 0.2) is 5.69 Å². The van der Waals surface area contributed by atoms with Crippen molar-refractivity contribution in [2.24, 2.45) is 7.05 Å². The summed E-state index contributed by atoms with van der Waals surface area (Å²) in [5.74, 6) is 0.755. The molecule has 1 aliphatic carbocycles. The maximum atomic E-state index is 13.0. The van der Waals surface area contributed by atoms with Crippen molar-refractivity contribution >= 4 is 16.7 Å². The van der Waals surface area contributed by atoms with Crippen LogP contribution >= 0.6 is 0 Å². The highest BCUT2D eigenvalue weighted by Crippen LogP contribution is 2.29. The number of aryl methyl sites for hydroxylation is 1. The standard InChI is InChI=1S/C27H29N5O2/c1-32-24-9-8-20(29-17-23-21-6-4-3-5-19(21)7-10-25(23)34-2)15-22(24)26(31-32)27(33)30-16-18-11-13-28-14-12-18/h3-7,10-14,20,29H,8-9,15-17H2,1-2H3,(H,30,33). The van der Waals surface area contributed by atoms with E-state index in [2.05, 4.69) is 51.0 Å². The minimum atomic E-state index is -0.134. The van der Waals surface area contributed by atoms with E-state index in [1.165, 1.54) is 10.8 Å². The van der Waals surface area contributed by atoms with Crippen molar-refractivity contribution in [2.45, 2.75) is 38.4 Å². The SMILES string of the molecule is COc1ccc2ccccc2c1CNC1CCc2c(c(C(=O)NCc3ccncc3)nn2C)C1. The summed E-state index contributed by atoms with van der Waals surface area (Å²) in [6, 6.07) is 16.6. The molecule has 0 spiro atoms. The number of nitrogens with one attached hydrogen (secondary N) is 2. The average molecular weight is 456 g/mol. The number of amides is 1. The van der Waals surface area contributed by atoms with Crippen LogP contribution in [0.15, 0.2) is 60.9 Å².